The number of methoxy groups -OCH3 is 1. The summed E-state index contributed by atoms with van der Waals surface area (Å²) < 4.78 is 4.86. The summed E-state index contributed by atoms with van der Waals surface area (Å²) in [5, 5.41) is 18.7. The van der Waals surface area contributed by atoms with Crippen molar-refractivity contribution in [3.8, 4) is 6.07 Å². The number of ether oxygens (including phenoxy) is 1. The first-order valence-corrected chi connectivity index (χ1v) is 11.8. The Morgan fingerprint density at radius 2 is 2.00 bits per heavy atom. The molecule has 36 heavy (non-hydrogen) atoms. The van der Waals surface area contributed by atoms with Gasteiger partial charge >= 0.3 is 0 Å². The average Bonchev–Trinajstić information content (AvgIpc) is 3.21. The van der Waals surface area contributed by atoms with Gasteiger partial charge in [0.15, 0.2) is 0 Å². The molecule has 3 amide bonds. The lowest BCUT2D eigenvalue weighted by molar-refractivity contribution is -0.133. The fraction of sp³-hybridized carbons (Fsp3) is 0.462. The number of nitrogens with one attached hydrogen (secondary N) is 4. The van der Waals surface area contributed by atoms with Crippen LogP contribution in [-0.2, 0) is 19.1 Å². The molecule has 0 bridgehead atoms. The van der Waals surface area contributed by atoms with Crippen LogP contribution in [0.4, 0.5) is 5.69 Å². The lowest BCUT2D eigenvalue weighted by atomic mass is 9.85. The van der Waals surface area contributed by atoms with Gasteiger partial charge in [0.25, 0.3) is 0 Å². The Kier molecular flexibility index (Phi) is 10.5. The van der Waals surface area contributed by atoms with Gasteiger partial charge in [0.1, 0.15) is 18.3 Å². The number of carbonyl (C=O) groups excluding carboxylic acids is 3. The van der Waals surface area contributed by atoms with E-state index in [2.05, 4.69) is 34.0 Å². The van der Waals surface area contributed by atoms with Crippen molar-refractivity contribution in [2.45, 2.75) is 52.1 Å². The number of hydrazine groups is 1. The number of fused-ring (bicyclic) bond motifs is 1. The molecule has 0 fully saturated rings. The van der Waals surface area contributed by atoms with E-state index >= 15 is 0 Å². The Balaban J connectivity index is 2.07. The lowest BCUT2D eigenvalue weighted by Crippen LogP contribution is -2.56. The van der Waals surface area contributed by atoms with Crippen LogP contribution < -0.4 is 26.4 Å². The fourth-order valence-electron chi connectivity index (χ4n) is 3.76. The molecule has 0 aliphatic carbocycles. The van der Waals surface area contributed by atoms with E-state index in [4.69, 9.17) is 10.00 Å². The molecule has 4 N–H and O–H groups in total. The van der Waals surface area contributed by atoms with Crippen LogP contribution in [0, 0.1) is 16.7 Å². The van der Waals surface area contributed by atoms with Crippen molar-refractivity contribution < 1.29 is 19.1 Å². The van der Waals surface area contributed by atoms with Gasteiger partial charge in [-0.3, -0.25) is 14.4 Å². The molecular formula is C26H36N6O4. The van der Waals surface area contributed by atoms with Gasteiger partial charge < -0.3 is 25.7 Å². The number of para-hydroxylation sites is 1. The molecule has 2 rings (SSSR count). The molecule has 1 heterocycles. The number of unbranched alkanes of at least 4 members (excludes halogenated alkanes) is 2. The number of nitrogens with zero attached hydrogens (tertiary/aromatic N) is 2. The van der Waals surface area contributed by atoms with Crippen molar-refractivity contribution in [3.05, 3.63) is 54.4 Å². The first kappa shape index (κ1) is 28.4. The molecule has 2 atom stereocenters. The zero-order chi connectivity index (χ0) is 26.7. The third kappa shape index (κ3) is 7.85. The predicted octanol–water partition coefficient (Wildman–Crippen LogP) is 2.18. The van der Waals surface area contributed by atoms with E-state index < -0.39 is 29.3 Å². The monoisotopic (exact) mass is 496 g/mol. The molecule has 1 aliphatic heterocycles. The Morgan fingerprint density at radius 3 is 2.64 bits per heavy atom. The standard InChI is InChI=1S/C26H36N6O4/c1-6-18(17-36-5)29-21(33)16-28-25(35)23(26(2,3)4)30-24(34)22-19-12-8-9-13-20(19)32(31-22)15-11-7-10-14-27/h6,8-9,12-13,17,22-23,31H,1,7,10-11,15-16H2,2-5H3,(H,28,35)(H,29,33)(H,30,34)/b18-17+. The fourth-order valence-corrected chi connectivity index (χ4v) is 3.76. The van der Waals surface area contributed by atoms with Gasteiger partial charge in [0.05, 0.1) is 31.1 Å². The third-order valence-electron chi connectivity index (χ3n) is 5.59. The summed E-state index contributed by atoms with van der Waals surface area (Å²) in [7, 11) is 1.44. The maximum Gasteiger partial charge on any atom is 0.244 e. The molecule has 0 radical (unpaired) electrons. The maximum atomic E-state index is 13.4. The first-order valence-electron chi connectivity index (χ1n) is 11.8. The van der Waals surface area contributed by atoms with E-state index in [0.717, 1.165) is 24.1 Å². The molecule has 2 unspecified atom stereocenters. The van der Waals surface area contributed by atoms with Crippen molar-refractivity contribution in [1.82, 2.24) is 21.4 Å². The van der Waals surface area contributed by atoms with Crippen molar-refractivity contribution >= 4 is 23.4 Å². The number of carbonyl (C=O) groups is 3. The van der Waals surface area contributed by atoms with E-state index in [0.29, 0.717) is 18.7 Å². The predicted molar refractivity (Wildman–Crippen MR) is 137 cm³/mol. The Morgan fingerprint density at radius 1 is 1.28 bits per heavy atom. The first-order chi connectivity index (χ1) is 17.1. The van der Waals surface area contributed by atoms with E-state index in [1.807, 2.05) is 50.0 Å². The highest BCUT2D eigenvalue weighted by molar-refractivity contribution is 5.94. The minimum absolute atomic E-state index is 0.281. The molecule has 1 aromatic rings. The van der Waals surface area contributed by atoms with Gasteiger partial charge in [-0.2, -0.15) is 5.26 Å². The van der Waals surface area contributed by atoms with Crippen LogP contribution in [0.3, 0.4) is 0 Å². The van der Waals surface area contributed by atoms with E-state index in [9.17, 15) is 14.4 Å². The molecule has 0 saturated heterocycles. The number of amides is 3. The second-order valence-corrected chi connectivity index (χ2v) is 9.47. The highest BCUT2D eigenvalue weighted by Crippen LogP contribution is 2.33. The van der Waals surface area contributed by atoms with Gasteiger partial charge in [0.2, 0.25) is 17.7 Å². The van der Waals surface area contributed by atoms with Gasteiger partial charge in [-0.05, 0) is 30.4 Å². The number of anilines is 1. The number of hydrogen-bond acceptors (Lipinski definition) is 7. The molecule has 10 nitrogen and oxygen atoms in total. The van der Waals surface area contributed by atoms with Crippen LogP contribution >= 0.6 is 0 Å². The average molecular weight is 497 g/mol. The van der Waals surface area contributed by atoms with E-state index in [-0.39, 0.29) is 12.5 Å². The Hall–Kier alpha value is -3.84. The normalized spacial score (nSPS) is 15.8. The van der Waals surface area contributed by atoms with Crippen molar-refractivity contribution in [2.24, 2.45) is 5.41 Å². The number of benzene rings is 1. The molecule has 0 saturated carbocycles. The van der Waals surface area contributed by atoms with Crippen LogP contribution in [0.15, 0.2) is 48.9 Å². The summed E-state index contributed by atoms with van der Waals surface area (Å²) in [6.45, 7) is 9.47. The van der Waals surface area contributed by atoms with Crippen LogP contribution in [0.5, 0.6) is 0 Å². The zero-order valence-electron chi connectivity index (χ0n) is 21.4. The van der Waals surface area contributed by atoms with Crippen LogP contribution in [0.1, 0.15) is 51.6 Å². The minimum atomic E-state index is -0.884. The molecule has 0 spiro atoms. The zero-order valence-corrected chi connectivity index (χ0v) is 21.4. The Bertz CT molecular complexity index is 1020. The highest BCUT2D eigenvalue weighted by atomic mass is 16.5. The SMILES string of the molecule is C=C/C(=C\OC)NC(=O)CNC(=O)C(NC(=O)C1NN(CCCCC#N)c2ccccc21)C(C)(C)C. The van der Waals surface area contributed by atoms with Crippen molar-refractivity contribution in [3.63, 3.8) is 0 Å². The second kappa shape index (κ2) is 13.3. The third-order valence-corrected chi connectivity index (χ3v) is 5.59. The van der Waals surface area contributed by atoms with E-state index in [1.165, 1.54) is 19.4 Å². The molecule has 1 aliphatic rings. The summed E-state index contributed by atoms with van der Waals surface area (Å²) in [5.74, 6) is -1.27. The van der Waals surface area contributed by atoms with Gasteiger partial charge in [-0.25, -0.2) is 5.43 Å². The number of rotatable bonds is 12. The summed E-state index contributed by atoms with van der Waals surface area (Å²) >= 11 is 0. The molecule has 1 aromatic carbocycles. The van der Waals surface area contributed by atoms with Crippen molar-refractivity contribution in [2.75, 3.05) is 25.2 Å². The van der Waals surface area contributed by atoms with Gasteiger partial charge in [-0.1, -0.05) is 45.5 Å². The number of allylic oxidation sites excluding steroid dienone is 1. The van der Waals surface area contributed by atoms with Crippen LogP contribution in [0.2, 0.25) is 0 Å². The molecule has 194 valence electrons. The minimum Gasteiger partial charge on any atom is -0.502 e. The Labute approximate surface area is 212 Å². The van der Waals surface area contributed by atoms with Crippen LogP contribution in [0.25, 0.3) is 0 Å². The lowest BCUT2D eigenvalue weighted by Gasteiger charge is -2.31. The molecule has 0 aromatic heterocycles. The van der Waals surface area contributed by atoms with Gasteiger partial charge in [-0.15, -0.1) is 0 Å². The summed E-state index contributed by atoms with van der Waals surface area (Å²) in [5.41, 5.74) is 4.68. The molecule has 10 heteroatoms. The summed E-state index contributed by atoms with van der Waals surface area (Å²) in [4.78, 5) is 38.6. The quantitative estimate of drug-likeness (QED) is 0.198. The topological polar surface area (TPSA) is 136 Å². The number of hydrogen-bond donors (Lipinski definition) is 4. The molecular weight excluding hydrogens is 460 g/mol. The van der Waals surface area contributed by atoms with Gasteiger partial charge in [0, 0.05) is 18.5 Å². The smallest absolute Gasteiger partial charge is 0.244 e. The highest BCUT2D eigenvalue weighted by Gasteiger charge is 2.38. The summed E-state index contributed by atoms with van der Waals surface area (Å²) in [6, 6.07) is 8.16. The second-order valence-electron chi connectivity index (χ2n) is 9.47. The largest absolute Gasteiger partial charge is 0.502 e. The van der Waals surface area contributed by atoms with E-state index in [1.54, 1.807) is 0 Å². The maximum absolute atomic E-state index is 13.4. The summed E-state index contributed by atoms with van der Waals surface area (Å²) in [6.07, 6.45) is 4.79. The van der Waals surface area contributed by atoms with Crippen molar-refractivity contribution in [1.29, 1.82) is 5.26 Å². The van der Waals surface area contributed by atoms with Crippen LogP contribution in [-0.4, -0.2) is 44.0 Å². The number of nitriles is 1.